The van der Waals surface area contributed by atoms with Crippen LogP contribution in [0.2, 0.25) is 0 Å². The fraction of sp³-hybridized carbons (Fsp3) is 0.200. The van der Waals surface area contributed by atoms with Crippen molar-refractivity contribution in [2.75, 3.05) is 14.2 Å². The molecule has 0 spiro atoms. The number of benzene rings is 4. The van der Waals surface area contributed by atoms with E-state index < -0.39 is 0 Å². The highest BCUT2D eigenvalue weighted by atomic mass is 127. The molecule has 7 heteroatoms. The molecule has 0 saturated carbocycles. The second kappa shape index (κ2) is 17.5. The highest BCUT2D eigenvalue weighted by molar-refractivity contribution is 14.1. The van der Waals surface area contributed by atoms with E-state index in [2.05, 4.69) is 129 Å². The Labute approximate surface area is 261 Å². The van der Waals surface area contributed by atoms with Crippen LogP contribution in [0.1, 0.15) is 22.3 Å². The van der Waals surface area contributed by atoms with Gasteiger partial charge in [0.05, 0.1) is 14.2 Å². The summed E-state index contributed by atoms with van der Waals surface area (Å²) in [7, 11) is 3.35. The largest absolute Gasteiger partial charge is 0.497 e. The molecular weight excluding hydrogens is 743 g/mol. The van der Waals surface area contributed by atoms with Crippen molar-refractivity contribution in [1.29, 1.82) is 0 Å². The third kappa shape index (κ3) is 12.1. The molecule has 0 N–H and O–H groups in total. The molecule has 0 aliphatic carbocycles. The molecule has 0 bridgehead atoms. The molecule has 0 atom stereocenters. The molecule has 4 aromatic rings. The van der Waals surface area contributed by atoms with Gasteiger partial charge in [0.25, 0.3) is 0 Å². The average Bonchev–Trinajstić information content (AvgIpc) is 2.92. The average molecular weight is 774 g/mol. The first-order valence-electron chi connectivity index (χ1n) is 11.4. The van der Waals surface area contributed by atoms with Gasteiger partial charge < -0.3 is 9.47 Å². The molecule has 0 aliphatic rings. The molecule has 0 unspecified atom stereocenters. The lowest BCUT2D eigenvalue weighted by atomic mass is 10.2. The van der Waals surface area contributed by atoms with Gasteiger partial charge in [-0.05, 0) is 134 Å². The molecule has 0 aliphatic heterocycles. The lowest BCUT2D eigenvalue weighted by molar-refractivity contribution is 0.414. The molecule has 0 radical (unpaired) electrons. The minimum Gasteiger partial charge on any atom is -0.497 e. The van der Waals surface area contributed by atoms with E-state index in [9.17, 15) is 0 Å². The first-order chi connectivity index (χ1) is 17.7. The van der Waals surface area contributed by atoms with Crippen LogP contribution in [0.15, 0.2) is 98.8 Å². The fourth-order valence-electron chi connectivity index (χ4n) is 2.94. The van der Waals surface area contributed by atoms with E-state index in [0.29, 0.717) is 0 Å². The summed E-state index contributed by atoms with van der Waals surface area (Å²) in [6, 6.07) is 28.8. The van der Waals surface area contributed by atoms with Crippen molar-refractivity contribution >= 4 is 78.8 Å². The normalized spacial score (nSPS) is 9.95. The molecule has 0 fully saturated rings. The first-order valence-corrected chi connectivity index (χ1v) is 15.7. The van der Waals surface area contributed by atoms with E-state index in [4.69, 9.17) is 9.47 Å². The van der Waals surface area contributed by atoms with E-state index in [1.807, 2.05) is 48.2 Å². The maximum Gasteiger partial charge on any atom is 0.118 e. The molecule has 196 valence electrons. The first kappa shape index (κ1) is 32.1. The minimum atomic E-state index is 0.782. The van der Waals surface area contributed by atoms with E-state index >= 15 is 0 Å². The topological polar surface area (TPSA) is 18.5 Å². The Hall–Kier alpha value is -1.13. The molecule has 0 amide bonds. The summed E-state index contributed by atoms with van der Waals surface area (Å²) < 4.78 is 13.7. The smallest absolute Gasteiger partial charge is 0.118 e. The standard InChI is InChI=1S/C15H15BrOS.C8H10OS.C7H6BrI/c1-11-3-8-14(16)15(9-11)18-10-12-4-6-13(17-2)7-5-12;1-9-8-4-2-7(6-10)3-5-8;1-5-2-3-6(8)7(9)4-5/h3-9H,10H2,1-2H3;2-5,10H,6H2,1H3;2-4H,1H3. The van der Waals surface area contributed by atoms with Gasteiger partial charge in [0, 0.05) is 28.9 Å². The Kier molecular flexibility index (Phi) is 15.1. The van der Waals surface area contributed by atoms with Crippen LogP contribution in [0.3, 0.4) is 0 Å². The number of aryl methyl sites for hydroxylation is 2. The maximum atomic E-state index is 5.15. The monoisotopic (exact) mass is 772 g/mol. The lowest BCUT2D eigenvalue weighted by Gasteiger charge is -2.06. The Balaban J connectivity index is 0.000000214. The van der Waals surface area contributed by atoms with Crippen LogP contribution in [-0.4, -0.2) is 14.2 Å². The summed E-state index contributed by atoms with van der Waals surface area (Å²) in [5.41, 5.74) is 5.11. The SMILES string of the molecule is COc1ccc(CS)cc1.COc1ccc(CSc2cc(C)ccc2Br)cc1.Cc1ccc(Br)c(I)c1. The van der Waals surface area contributed by atoms with Crippen molar-refractivity contribution in [1.82, 2.24) is 0 Å². The summed E-state index contributed by atoms with van der Waals surface area (Å²) in [4.78, 5) is 1.28. The van der Waals surface area contributed by atoms with Crippen molar-refractivity contribution in [3.05, 3.63) is 120 Å². The summed E-state index contributed by atoms with van der Waals surface area (Å²) in [6.45, 7) is 4.21. The molecule has 2 nitrogen and oxygen atoms in total. The second-order valence-corrected chi connectivity index (χ2v) is 12.2. The predicted molar refractivity (Wildman–Crippen MR) is 179 cm³/mol. The van der Waals surface area contributed by atoms with E-state index in [0.717, 1.165) is 27.5 Å². The van der Waals surface area contributed by atoms with Gasteiger partial charge in [-0.1, -0.05) is 42.0 Å². The maximum absolute atomic E-state index is 5.15. The molecule has 0 heterocycles. The zero-order valence-corrected chi connectivity index (χ0v) is 28.3. The van der Waals surface area contributed by atoms with Gasteiger partial charge in [-0.3, -0.25) is 0 Å². The quantitative estimate of drug-likeness (QED) is 0.120. The van der Waals surface area contributed by atoms with Gasteiger partial charge in [0.15, 0.2) is 0 Å². The predicted octanol–water partition coefficient (Wildman–Crippen LogP) is 10.5. The van der Waals surface area contributed by atoms with Gasteiger partial charge in [-0.2, -0.15) is 12.6 Å². The minimum absolute atomic E-state index is 0.782. The summed E-state index contributed by atoms with van der Waals surface area (Å²) in [5.74, 6) is 3.54. The van der Waals surface area contributed by atoms with Gasteiger partial charge in [0.1, 0.15) is 11.5 Å². The highest BCUT2D eigenvalue weighted by Gasteiger charge is 2.02. The number of ether oxygens (including phenoxy) is 2. The Morgan fingerprint density at radius 1 is 0.703 bits per heavy atom. The van der Waals surface area contributed by atoms with Crippen LogP contribution in [0, 0.1) is 17.4 Å². The Morgan fingerprint density at radius 2 is 1.19 bits per heavy atom. The summed E-state index contributed by atoms with van der Waals surface area (Å²) in [6.07, 6.45) is 0. The van der Waals surface area contributed by atoms with Crippen LogP contribution in [0.25, 0.3) is 0 Å². The van der Waals surface area contributed by atoms with Gasteiger partial charge >= 0.3 is 0 Å². The Bertz CT molecular complexity index is 1210. The number of thiol groups is 1. The number of methoxy groups -OCH3 is 2. The number of thioether (sulfide) groups is 1. The Morgan fingerprint density at radius 3 is 1.65 bits per heavy atom. The van der Waals surface area contributed by atoms with Crippen molar-refractivity contribution in [2.24, 2.45) is 0 Å². The van der Waals surface area contributed by atoms with Crippen LogP contribution >= 0.6 is 78.8 Å². The third-order valence-corrected chi connectivity index (χ3v) is 9.83. The zero-order valence-electron chi connectivity index (χ0n) is 21.3. The number of halogens is 3. The molecular formula is C30H31Br2IO2S2. The van der Waals surface area contributed by atoms with Crippen molar-refractivity contribution in [3.63, 3.8) is 0 Å². The number of hydrogen-bond acceptors (Lipinski definition) is 4. The van der Waals surface area contributed by atoms with Crippen LogP contribution in [-0.2, 0) is 11.5 Å². The van der Waals surface area contributed by atoms with E-state index in [-0.39, 0.29) is 0 Å². The molecule has 0 aromatic heterocycles. The van der Waals surface area contributed by atoms with Crippen molar-refractivity contribution in [2.45, 2.75) is 30.2 Å². The van der Waals surface area contributed by atoms with Crippen LogP contribution in [0.4, 0.5) is 0 Å². The zero-order chi connectivity index (χ0) is 27.2. The number of hydrogen-bond donors (Lipinski definition) is 1. The van der Waals surface area contributed by atoms with Crippen molar-refractivity contribution < 1.29 is 9.47 Å². The van der Waals surface area contributed by atoms with Crippen molar-refractivity contribution in [3.8, 4) is 11.5 Å². The van der Waals surface area contributed by atoms with Gasteiger partial charge in [-0.25, -0.2) is 0 Å². The lowest BCUT2D eigenvalue weighted by Crippen LogP contribution is -1.85. The van der Waals surface area contributed by atoms with E-state index in [1.54, 1.807) is 14.2 Å². The van der Waals surface area contributed by atoms with E-state index in [1.165, 1.54) is 35.2 Å². The van der Waals surface area contributed by atoms with Gasteiger partial charge in [0.2, 0.25) is 0 Å². The van der Waals surface area contributed by atoms with Gasteiger partial charge in [-0.15, -0.1) is 11.8 Å². The molecule has 37 heavy (non-hydrogen) atoms. The molecule has 4 aromatic carbocycles. The third-order valence-electron chi connectivity index (χ3n) is 5.06. The highest BCUT2D eigenvalue weighted by Crippen LogP contribution is 2.31. The van der Waals surface area contributed by atoms with Crippen LogP contribution < -0.4 is 9.47 Å². The summed E-state index contributed by atoms with van der Waals surface area (Å²) in [5, 5.41) is 0. The molecule has 0 saturated heterocycles. The second-order valence-electron chi connectivity index (χ2n) is 7.99. The summed E-state index contributed by atoms with van der Waals surface area (Å²) >= 11 is 15.3. The molecule has 4 rings (SSSR count). The van der Waals surface area contributed by atoms with Crippen LogP contribution in [0.5, 0.6) is 11.5 Å². The number of rotatable bonds is 6. The fourth-order valence-corrected chi connectivity index (χ4v) is 5.64.